The van der Waals surface area contributed by atoms with Crippen LogP contribution in [0.3, 0.4) is 0 Å². The third kappa shape index (κ3) is 3.85. The third-order valence-corrected chi connectivity index (χ3v) is 6.06. The largest absolute Gasteiger partial charge is 0.434 e. The van der Waals surface area contributed by atoms with Gasteiger partial charge in [0.2, 0.25) is 0 Å². The van der Waals surface area contributed by atoms with E-state index in [0.29, 0.717) is 4.68 Å². The Balaban J connectivity index is 1.80. The van der Waals surface area contributed by atoms with Crippen LogP contribution in [0.15, 0.2) is 58.7 Å². The van der Waals surface area contributed by atoms with E-state index < -0.39 is 23.3 Å². The highest BCUT2D eigenvalue weighted by Gasteiger charge is 2.41. The molecule has 13 heteroatoms. The van der Waals surface area contributed by atoms with Gasteiger partial charge in [-0.05, 0) is 30.3 Å². The first-order valence-corrected chi connectivity index (χ1v) is 11.0. The zero-order chi connectivity index (χ0) is 24.0. The van der Waals surface area contributed by atoms with Gasteiger partial charge >= 0.3 is 6.18 Å². The Kier molecular flexibility index (Phi) is 5.62. The van der Waals surface area contributed by atoms with E-state index in [4.69, 9.17) is 27.7 Å². The molecule has 0 spiro atoms. The Bertz CT molecular complexity index is 1480. The Labute approximate surface area is 202 Å². The van der Waals surface area contributed by atoms with Gasteiger partial charge in [-0.3, -0.25) is 0 Å². The molecule has 6 nitrogen and oxygen atoms in total. The van der Waals surface area contributed by atoms with Crippen LogP contribution < -0.4 is 0 Å². The van der Waals surface area contributed by atoms with Crippen LogP contribution in [-0.4, -0.2) is 25.1 Å². The predicted octanol–water partition coefficient (Wildman–Crippen LogP) is 7.18. The van der Waals surface area contributed by atoms with Crippen molar-refractivity contribution < 1.29 is 22.1 Å². The minimum atomic E-state index is -4.85. The number of aromatic nitrogens is 5. The molecule has 0 N–H and O–H groups in total. The zero-order valence-electron chi connectivity index (χ0n) is 16.5. The number of rotatable bonds is 4. The Morgan fingerprint density at radius 3 is 2.50 bits per heavy atom. The van der Waals surface area contributed by atoms with Gasteiger partial charge in [0.1, 0.15) is 17.0 Å². The van der Waals surface area contributed by atoms with Crippen LogP contribution in [0.4, 0.5) is 17.6 Å². The molecule has 34 heavy (non-hydrogen) atoms. The molecule has 0 aliphatic heterocycles. The van der Waals surface area contributed by atoms with E-state index in [1.54, 1.807) is 0 Å². The van der Waals surface area contributed by atoms with Crippen molar-refractivity contribution in [1.82, 2.24) is 25.1 Å². The summed E-state index contributed by atoms with van der Waals surface area (Å²) in [6, 6.07) is 9.76. The van der Waals surface area contributed by atoms with Gasteiger partial charge in [0.05, 0.1) is 33.6 Å². The van der Waals surface area contributed by atoms with Crippen LogP contribution in [0, 0.1) is 5.82 Å². The molecular weight excluding hydrogens is 517 g/mol. The number of hydrogen-bond acceptors (Lipinski definition) is 6. The van der Waals surface area contributed by atoms with Gasteiger partial charge in [0.15, 0.2) is 16.5 Å². The van der Waals surface area contributed by atoms with Crippen molar-refractivity contribution in [2.75, 3.05) is 0 Å². The van der Waals surface area contributed by atoms with Crippen molar-refractivity contribution in [3.63, 3.8) is 0 Å². The van der Waals surface area contributed by atoms with Crippen molar-refractivity contribution >= 4 is 34.5 Å². The summed E-state index contributed by atoms with van der Waals surface area (Å²) >= 11 is 13.2. The number of halogens is 6. The predicted molar refractivity (Wildman–Crippen MR) is 118 cm³/mol. The van der Waals surface area contributed by atoms with Crippen LogP contribution in [0.5, 0.6) is 0 Å². The lowest BCUT2D eigenvalue weighted by Gasteiger charge is -2.12. The Morgan fingerprint density at radius 2 is 1.82 bits per heavy atom. The zero-order valence-corrected chi connectivity index (χ0v) is 18.8. The molecule has 0 saturated carbocycles. The topological polar surface area (TPSA) is 69.6 Å². The summed E-state index contributed by atoms with van der Waals surface area (Å²) < 4.78 is 63.6. The quantitative estimate of drug-likeness (QED) is 0.232. The number of alkyl halides is 3. The molecule has 0 amide bonds. The SMILES string of the molecule is Fc1cccc(Cl)c1-c1noc(-c2cnn(-c3cccc(Cl)c3)c2C(F)(F)F)c1-c1nncs1. The molecule has 3 aromatic heterocycles. The lowest BCUT2D eigenvalue weighted by atomic mass is 10.0. The Hall–Kier alpha value is -3.28. The molecule has 172 valence electrons. The van der Waals surface area contributed by atoms with Gasteiger partial charge in [0.25, 0.3) is 0 Å². The van der Waals surface area contributed by atoms with Crippen LogP contribution in [0.25, 0.3) is 38.8 Å². The summed E-state index contributed by atoms with van der Waals surface area (Å²) in [4.78, 5) is 0. The van der Waals surface area contributed by atoms with Crippen LogP contribution in [0.2, 0.25) is 10.0 Å². The molecule has 0 radical (unpaired) electrons. The highest BCUT2D eigenvalue weighted by Crippen LogP contribution is 2.46. The molecule has 0 saturated heterocycles. The van der Waals surface area contributed by atoms with E-state index in [1.807, 2.05) is 0 Å². The van der Waals surface area contributed by atoms with E-state index in [0.717, 1.165) is 23.6 Å². The maximum Gasteiger partial charge on any atom is 0.434 e. The van der Waals surface area contributed by atoms with E-state index in [1.165, 1.54) is 41.9 Å². The molecule has 0 aliphatic carbocycles. The average molecular weight is 526 g/mol. The standard InChI is InChI=1S/C21H9Cl2F4N5OS/c22-10-3-1-4-11(7-10)32-19(21(25,26)27)12(8-29-32)18-16(20-30-28-9-34-20)17(31-33-18)15-13(23)5-2-6-14(15)24/h1-9H. The highest BCUT2D eigenvalue weighted by molar-refractivity contribution is 7.12. The van der Waals surface area contributed by atoms with E-state index in [-0.39, 0.29) is 43.3 Å². The number of nitrogens with zero attached hydrogens (tertiary/aromatic N) is 5. The fourth-order valence-corrected chi connectivity index (χ4v) is 4.47. The van der Waals surface area contributed by atoms with Gasteiger partial charge in [0, 0.05) is 5.02 Å². The number of hydrogen-bond donors (Lipinski definition) is 0. The van der Waals surface area contributed by atoms with Crippen molar-refractivity contribution in [2.24, 2.45) is 0 Å². The monoisotopic (exact) mass is 525 g/mol. The normalized spacial score (nSPS) is 11.8. The van der Waals surface area contributed by atoms with Crippen molar-refractivity contribution in [3.05, 3.63) is 75.7 Å². The van der Waals surface area contributed by atoms with E-state index >= 15 is 0 Å². The van der Waals surface area contributed by atoms with Crippen molar-refractivity contribution in [2.45, 2.75) is 6.18 Å². The maximum absolute atomic E-state index is 14.7. The summed E-state index contributed by atoms with van der Waals surface area (Å²) in [5.41, 5.74) is -0.352. The molecule has 0 fully saturated rings. The summed E-state index contributed by atoms with van der Waals surface area (Å²) in [7, 11) is 0. The summed E-state index contributed by atoms with van der Waals surface area (Å²) in [6.07, 6.45) is -3.86. The second kappa shape index (κ2) is 8.49. The average Bonchev–Trinajstić information content (AvgIpc) is 3.52. The van der Waals surface area contributed by atoms with Crippen molar-refractivity contribution in [3.8, 4) is 38.8 Å². The van der Waals surface area contributed by atoms with Crippen LogP contribution >= 0.6 is 34.5 Å². The van der Waals surface area contributed by atoms with Crippen LogP contribution in [-0.2, 0) is 6.18 Å². The molecule has 5 rings (SSSR count). The van der Waals surface area contributed by atoms with Gasteiger partial charge in [-0.2, -0.15) is 18.3 Å². The molecule has 2 aromatic carbocycles. The molecule has 3 heterocycles. The maximum atomic E-state index is 14.7. The van der Waals surface area contributed by atoms with Gasteiger partial charge in [-0.15, -0.1) is 10.2 Å². The molecular formula is C21H9Cl2F4N5OS. The first kappa shape index (κ1) is 22.5. The fourth-order valence-electron chi connectivity index (χ4n) is 3.44. The second-order valence-corrected chi connectivity index (χ2v) is 8.55. The van der Waals surface area contributed by atoms with E-state index in [9.17, 15) is 17.6 Å². The van der Waals surface area contributed by atoms with E-state index in [2.05, 4.69) is 20.5 Å². The molecule has 0 atom stereocenters. The summed E-state index contributed by atoms with van der Waals surface area (Å²) in [6.45, 7) is 0. The molecule has 5 aromatic rings. The van der Waals surface area contributed by atoms with Crippen molar-refractivity contribution in [1.29, 1.82) is 0 Å². The third-order valence-electron chi connectivity index (χ3n) is 4.80. The second-order valence-electron chi connectivity index (χ2n) is 6.87. The lowest BCUT2D eigenvalue weighted by Crippen LogP contribution is -2.14. The summed E-state index contributed by atoms with van der Waals surface area (Å²) in [5.74, 6) is -1.05. The van der Waals surface area contributed by atoms with Gasteiger partial charge in [-0.1, -0.05) is 51.8 Å². The molecule has 0 unspecified atom stereocenters. The number of benzene rings is 2. The van der Waals surface area contributed by atoms with Gasteiger partial charge < -0.3 is 4.52 Å². The highest BCUT2D eigenvalue weighted by atomic mass is 35.5. The van der Waals surface area contributed by atoms with Crippen LogP contribution in [0.1, 0.15) is 5.69 Å². The minimum absolute atomic E-state index is 0.00344. The molecule has 0 aliphatic rings. The van der Waals surface area contributed by atoms with Gasteiger partial charge in [-0.25, -0.2) is 9.07 Å². The first-order chi connectivity index (χ1) is 16.3. The first-order valence-electron chi connectivity index (χ1n) is 9.38. The Morgan fingerprint density at radius 1 is 1.03 bits per heavy atom. The lowest BCUT2D eigenvalue weighted by molar-refractivity contribution is -0.142. The smallest absolute Gasteiger partial charge is 0.355 e. The summed E-state index contributed by atoms with van der Waals surface area (Å²) in [5, 5.41) is 15.9. The fraction of sp³-hybridized carbons (Fsp3) is 0.0476. The minimum Gasteiger partial charge on any atom is -0.355 e. The molecule has 0 bridgehead atoms.